The van der Waals surface area contributed by atoms with Gasteiger partial charge in [-0.1, -0.05) is 42.1 Å². The fourth-order valence-corrected chi connectivity index (χ4v) is 3.46. The molecule has 2 heterocycles. The van der Waals surface area contributed by atoms with Gasteiger partial charge in [0.1, 0.15) is 11.1 Å². The average Bonchev–Trinajstić information content (AvgIpc) is 2.92. The van der Waals surface area contributed by atoms with Crippen LogP contribution in [-0.4, -0.2) is 52.0 Å². The Labute approximate surface area is 138 Å². The van der Waals surface area contributed by atoms with E-state index in [-0.39, 0.29) is 5.91 Å². The van der Waals surface area contributed by atoms with Gasteiger partial charge in [-0.3, -0.25) is 4.79 Å². The number of amides is 1. The van der Waals surface area contributed by atoms with E-state index in [1.54, 1.807) is 6.92 Å². The second-order valence-corrected chi connectivity index (χ2v) is 6.32. The number of hydrogen-bond donors (Lipinski definition) is 1. The molecule has 1 aromatic carbocycles. The molecule has 1 aliphatic rings. The van der Waals surface area contributed by atoms with E-state index < -0.39 is 5.25 Å². The Morgan fingerprint density at radius 2 is 1.96 bits per heavy atom. The monoisotopic (exact) mass is 333 g/mol. The number of benzene rings is 1. The maximum absolute atomic E-state index is 13.0. The summed E-state index contributed by atoms with van der Waals surface area (Å²) >= 11 is 1.32. The highest BCUT2D eigenvalue weighted by Crippen LogP contribution is 2.35. The maximum Gasteiger partial charge on any atom is 0.240 e. The third-order valence-electron chi connectivity index (χ3n) is 3.71. The first kappa shape index (κ1) is 15.8. The number of nitrogen functional groups attached to an aromatic ring is 1. The van der Waals surface area contributed by atoms with Gasteiger partial charge < -0.3 is 15.5 Å². The molecule has 0 unspecified atom stereocenters. The summed E-state index contributed by atoms with van der Waals surface area (Å²) in [6.07, 6.45) is 0. The minimum atomic E-state index is -0.403. The standard InChI is InChI=1S/C15H19N5O2S/c1-11-17-18-15(20(11)16)23-13(12-5-3-2-4-6-12)14(21)19-7-9-22-10-8-19/h2-6,13H,7-10,16H2,1H3/t13-/m1/s1. The summed E-state index contributed by atoms with van der Waals surface area (Å²) in [5.41, 5.74) is 0.926. The van der Waals surface area contributed by atoms with Crippen molar-refractivity contribution in [3.8, 4) is 0 Å². The molecule has 1 fully saturated rings. The van der Waals surface area contributed by atoms with E-state index in [9.17, 15) is 4.79 Å². The van der Waals surface area contributed by atoms with E-state index in [4.69, 9.17) is 10.6 Å². The van der Waals surface area contributed by atoms with E-state index in [0.717, 1.165) is 5.56 Å². The number of hydrogen-bond acceptors (Lipinski definition) is 6. The largest absolute Gasteiger partial charge is 0.378 e. The number of nitrogens with zero attached hydrogens (tertiary/aromatic N) is 4. The van der Waals surface area contributed by atoms with Crippen LogP contribution in [0.25, 0.3) is 0 Å². The van der Waals surface area contributed by atoms with Crippen molar-refractivity contribution in [2.75, 3.05) is 32.1 Å². The van der Waals surface area contributed by atoms with Crippen LogP contribution < -0.4 is 5.84 Å². The predicted molar refractivity (Wildman–Crippen MR) is 87.3 cm³/mol. The van der Waals surface area contributed by atoms with E-state index >= 15 is 0 Å². The van der Waals surface area contributed by atoms with Crippen molar-refractivity contribution in [1.82, 2.24) is 19.8 Å². The van der Waals surface area contributed by atoms with Gasteiger partial charge in [-0.25, -0.2) is 4.68 Å². The minimum Gasteiger partial charge on any atom is -0.378 e. The Bertz CT molecular complexity index is 670. The van der Waals surface area contributed by atoms with Crippen molar-refractivity contribution in [2.24, 2.45) is 0 Å². The van der Waals surface area contributed by atoms with Crippen molar-refractivity contribution in [1.29, 1.82) is 0 Å². The zero-order chi connectivity index (χ0) is 16.2. The molecular formula is C15H19N5O2S. The molecule has 8 heteroatoms. The number of thioether (sulfide) groups is 1. The molecule has 1 atom stereocenters. The van der Waals surface area contributed by atoms with Crippen LogP contribution in [0.15, 0.2) is 35.5 Å². The van der Waals surface area contributed by atoms with Crippen LogP contribution in [0.1, 0.15) is 16.6 Å². The lowest BCUT2D eigenvalue weighted by Gasteiger charge is -2.30. The fraction of sp³-hybridized carbons (Fsp3) is 0.400. The van der Waals surface area contributed by atoms with Crippen LogP contribution in [0.5, 0.6) is 0 Å². The van der Waals surface area contributed by atoms with E-state index in [1.807, 2.05) is 35.2 Å². The van der Waals surface area contributed by atoms with Crippen LogP contribution in [0, 0.1) is 6.92 Å². The molecule has 1 amide bonds. The Morgan fingerprint density at radius 3 is 2.57 bits per heavy atom. The molecule has 2 aromatic rings. The van der Waals surface area contributed by atoms with Gasteiger partial charge in [-0.15, -0.1) is 10.2 Å². The molecule has 122 valence electrons. The molecule has 23 heavy (non-hydrogen) atoms. The third kappa shape index (κ3) is 3.48. The summed E-state index contributed by atoms with van der Waals surface area (Å²) in [4.78, 5) is 14.8. The van der Waals surface area contributed by atoms with E-state index in [0.29, 0.717) is 37.3 Å². The van der Waals surface area contributed by atoms with Crippen LogP contribution in [0.4, 0.5) is 0 Å². The molecule has 0 spiro atoms. The molecule has 1 aromatic heterocycles. The molecule has 7 nitrogen and oxygen atoms in total. The van der Waals surface area contributed by atoms with Crippen molar-refractivity contribution < 1.29 is 9.53 Å². The quantitative estimate of drug-likeness (QED) is 0.663. The molecule has 0 saturated carbocycles. The molecule has 0 bridgehead atoms. The zero-order valence-corrected chi connectivity index (χ0v) is 13.7. The highest BCUT2D eigenvalue weighted by Gasteiger charge is 2.29. The van der Waals surface area contributed by atoms with Crippen LogP contribution in [0.2, 0.25) is 0 Å². The molecule has 3 rings (SSSR count). The topological polar surface area (TPSA) is 86.3 Å². The summed E-state index contributed by atoms with van der Waals surface area (Å²) in [7, 11) is 0. The average molecular weight is 333 g/mol. The summed E-state index contributed by atoms with van der Waals surface area (Å²) < 4.78 is 6.74. The molecule has 0 aliphatic carbocycles. The number of aryl methyl sites for hydroxylation is 1. The number of rotatable bonds is 4. The minimum absolute atomic E-state index is 0.0464. The lowest BCUT2D eigenvalue weighted by Crippen LogP contribution is -2.42. The van der Waals surface area contributed by atoms with Crippen molar-refractivity contribution in [3.63, 3.8) is 0 Å². The summed E-state index contributed by atoms with van der Waals surface area (Å²) in [6, 6.07) is 9.67. The van der Waals surface area contributed by atoms with Gasteiger partial charge in [0.2, 0.25) is 11.1 Å². The second-order valence-electron chi connectivity index (χ2n) is 5.25. The first-order valence-electron chi connectivity index (χ1n) is 7.42. The molecule has 0 radical (unpaired) electrons. The van der Waals surface area contributed by atoms with Gasteiger partial charge in [0.25, 0.3) is 0 Å². The van der Waals surface area contributed by atoms with Gasteiger partial charge in [-0.2, -0.15) is 0 Å². The van der Waals surface area contributed by atoms with Gasteiger partial charge in [0, 0.05) is 13.1 Å². The number of carbonyl (C=O) groups is 1. The maximum atomic E-state index is 13.0. The summed E-state index contributed by atoms with van der Waals surface area (Å²) in [6.45, 7) is 4.14. The smallest absolute Gasteiger partial charge is 0.240 e. The van der Waals surface area contributed by atoms with Gasteiger partial charge >= 0.3 is 0 Å². The Morgan fingerprint density at radius 1 is 1.26 bits per heavy atom. The number of morpholine rings is 1. The second kappa shape index (κ2) is 7.01. The highest BCUT2D eigenvalue weighted by molar-refractivity contribution is 8.00. The molecule has 2 N–H and O–H groups in total. The molecular weight excluding hydrogens is 314 g/mol. The first-order chi connectivity index (χ1) is 11.2. The van der Waals surface area contributed by atoms with Crippen molar-refractivity contribution >= 4 is 17.7 Å². The number of ether oxygens (including phenoxy) is 1. The highest BCUT2D eigenvalue weighted by atomic mass is 32.2. The lowest BCUT2D eigenvalue weighted by molar-refractivity contribution is -0.134. The zero-order valence-electron chi connectivity index (χ0n) is 12.9. The van der Waals surface area contributed by atoms with Crippen molar-refractivity contribution in [3.05, 3.63) is 41.7 Å². The van der Waals surface area contributed by atoms with E-state index in [1.165, 1.54) is 16.4 Å². The third-order valence-corrected chi connectivity index (χ3v) is 4.91. The van der Waals surface area contributed by atoms with E-state index in [2.05, 4.69) is 10.2 Å². The van der Waals surface area contributed by atoms with Crippen LogP contribution >= 0.6 is 11.8 Å². The number of nitrogens with two attached hydrogens (primary N) is 1. The normalized spacial score (nSPS) is 16.3. The van der Waals surface area contributed by atoms with Gasteiger partial charge in [-0.05, 0) is 12.5 Å². The molecule has 1 saturated heterocycles. The predicted octanol–water partition coefficient (Wildman–Crippen LogP) is 0.993. The van der Waals surface area contributed by atoms with Crippen molar-refractivity contribution in [2.45, 2.75) is 17.3 Å². The summed E-state index contributed by atoms with van der Waals surface area (Å²) in [5.74, 6) is 6.59. The van der Waals surface area contributed by atoms with Gasteiger partial charge in [0.05, 0.1) is 13.2 Å². The van der Waals surface area contributed by atoms with Crippen LogP contribution in [-0.2, 0) is 9.53 Å². The van der Waals surface area contributed by atoms with Crippen LogP contribution in [0.3, 0.4) is 0 Å². The Balaban J connectivity index is 1.87. The summed E-state index contributed by atoms with van der Waals surface area (Å²) in [5, 5.41) is 8.14. The Kier molecular flexibility index (Phi) is 4.82. The first-order valence-corrected chi connectivity index (χ1v) is 8.30. The number of aromatic nitrogens is 3. The Hall–Kier alpha value is -2.06. The lowest BCUT2D eigenvalue weighted by atomic mass is 10.1. The number of carbonyl (C=O) groups excluding carboxylic acids is 1. The van der Waals surface area contributed by atoms with Gasteiger partial charge in [0.15, 0.2) is 0 Å². The fourth-order valence-electron chi connectivity index (χ4n) is 2.37. The SMILES string of the molecule is Cc1nnc(S[C@@H](C(=O)N2CCOCC2)c2ccccc2)n1N. The molecule has 1 aliphatic heterocycles.